The molecule has 0 spiro atoms. The van der Waals surface area contributed by atoms with Crippen LogP contribution in [0.3, 0.4) is 0 Å². The van der Waals surface area contributed by atoms with E-state index >= 15 is 0 Å². The summed E-state index contributed by atoms with van der Waals surface area (Å²) in [6.45, 7) is 12.7. The molecule has 0 aliphatic carbocycles. The molecule has 0 saturated heterocycles. The van der Waals surface area contributed by atoms with Gasteiger partial charge in [-0.25, -0.2) is 9.59 Å². The fraction of sp³-hybridized carbons (Fsp3) is 0.286. The van der Waals surface area contributed by atoms with Gasteiger partial charge in [-0.15, -0.1) is 0 Å². The number of aromatic carboxylic acids is 2. The van der Waals surface area contributed by atoms with E-state index in [1.54, 1.807) is 4.90 Å². The minimum atomic E-state index is -1.18. The predicted molar refractivity (Wildman–Crippen MR) is 132 cm³/mol. The Morgan fingerprint density at radius 2 is 0.939 bits per heavy atom. The number of benzene rings is 3. The molecule has 0 radical (unpaired) electrons. The predicted octanol–water partition coefficient (Wildman–Crippen LogP) is 7.15. The number of para-hydroxylation sites is 1. The second-order valence-electron chi connectivity index (χ2n) is 10.2. The van der Waals surface area contributed by atoms with Crippen LogP contribution in [0.1, 0.15) is 73.4 Å². The maximum absolute atomic E-state index is 12.1. The molecule has 0 aliphatic heterocycles. The first-order valence-electron chi connectivity index (χ1n) is 10.9. The number of hydrogen-bond acceptors (Lipinski definition) is 3. The molecule has 5 nitrogen and oxygen atoms in total. The van der Waals surface area contributed by atoms with E-state index in [0.29, 0.717) is 11.4 Å². The lowest BCUT2D eigenvalue weighted by Crippen LogP contribution is -2.19. The van der Waals surface area contributed by atoms with E-state index < -0.39 is 11.9 Å². The van der Waals surface area contributed by atoms with Gasteiger partial charge < -0.3 is 15.1 Å². The van der Waals surface area contributed by atoms with Crippen molar-refractivity contribution in [3.05, 3.63) is 89.0 Å². The quantitative estimate of drug-likeness (QED) is 0.436. The van der Waals surface area contributed by atoms with Gasteiger partial charge in [-0.05, 0) is 58.4 Å². The molecule has 0 aliphatic rings. The van der Waals surface area contributed by atoms with Crippen molar-refractivity contribution < 1.29 is 19.8 Å². The number of carboxylic acids is 2. The first kappa shape index (κ1) is 24.1. The number of hydrogen-bond donors (Lipinski definition) is 2. The Labute approximate surface area is 195 Å². The van der Waals surface area contributed by atoms with Crippen LogP contribution in [0.25, 0.3) is 0 Å². The molecule has 3 aromatic carbocycles. The molecule has 0 bridgehead atoms. The summed E-state index contributed by atoms with van der Waals surface area (Å²) in [7, 11) is 0. The number of nitrogens with zero attached hydrogens (tertiary/aromatic N) is 1. The lowest BCUT2D eigenvalue weighted by Gasteiger charge is -2.30. The molecule has 0 heterocycles. The van der Waals surface area contributed by atoms with Crippen LogP contribution in [-0.4, -0.2) is 22.2 Å². The zero-order valence-electron chi connectivity index (χ0n) is 20.0. The van der Waals surface area contributed by atoms with Crippen LogP contribution in [0.15, 0.2) is 66.7 Å². The van der Waals surface area contributed by atoms with Gasteiger partial charge in [0.15, 0.2) is 0 Å². The maximum atomic E-state index is 12.1. The zero-order valence-corrected chi connectivity index (χ0v) is 20.0. The summed E-state index contributed by atoms with van der Waals surface area (Å²) in [5.41, 5.74) is 3.49. The van der Waals surface area contributed by atoms with E-state index in [0.717, 1.165) is 11.1 Å². The lowest BCUT2D eigenvalue weighted by atomic mass is 9.86. The topological polar surface area (TPSA) is 77.8 Å². The van der Waals surface area contributed by atoms with Crippen molar-refractivity contribution in [1.82, 2.24) is 0 Å². The SMILES string of the molecule is CC(C)(C)c1ccc(N(c2ccc(C(C)(C)C)cc2)c2c(C(=O)O)cccc2C(=O)O)cc1. The second-order valence-corrected chi connectivity index (χ2v) is 10.2. The van der Waals surface area contributed by atoms with Gasteiger partial charge in [-0.1, -0.05) is 71.9 Å². The molecule has 0 aromatic heterocycles. The van der Waals surface area contributed by atoms with Gasteiger partial charge in [-0.2, -0.15) is 0 Å². The monoisotopic (exact) mass is 445 g/mol. The number of carbonyl (C=O) groups is 2. The van der Waals surface area contributed by atoms with Crippen molar-refractivity contribution in [2.24, 2.45) is 0 Å². The molecule has 172 valence electrons. The van der Waals surface area contributed by atoms with Crippen molar-refractivity contribution in [2.75, 3.05) is 4.90 Å². The smallest absolute Gasteiger partial charge is 0.337 e. The molecule has 0 fully saturated rings. The second kappa shape index (κ2) is 8.74. The van der Waals surface area contributed by atoms with Crippen LogP contribution in [0.2, 0.25) is 0 Å². The van der Waals surface area contributed by atoms with Crippen LogP contribution in [0.5, 0.6) is 0 Å². The van der Waals surface area contributed by atoms with E-state index in [1.165, 1.54) is 18.2 Å². The van der Waals surface area contributed by atoms with Gasteiger partial charge in [0.2, 0.25) is 0 Å². The van der Waals surface area contributed by atoms with Crippen molar-refractivity contribution in [1.29, 1.82) is 0 Å². The summed E-state index contributed by atoms with van der Waals surface area (Å²) in [5.74, 6) is -2.37. The molecule has 0 atom stereocenters. The molecule has 33 heavy (non-hydrogen) atoms. The van der Waals surface area contributed by atoms with Gasteiger partial charge in [0.1, 0.15) is 0 Å². The van der Waals surface area contributed by atoms with Gasteiger partial charge in [-0.3, -0.25) is 0 Å². The van der Waals surface area contributed by atoms with Gasteiger partial charge >= 0.3 is 11.9 Å². The molecule has 0 unspecified atom stereocenters. The molecular formula is C28H31NO4. The molecule has 3 rings (SSSR count). The standard InChI is InChI=1S/C28H31NO4/c1-27(2,3)18-10-14-20(15-11-18)29(21-16-12-19(13-17-21)28(4,5)6)24-22(25(30)31)8-7-9-23(24)26(32)33/h7-17H,1-6H3,(H,30,31)(H,32,33). The first-order chi connectivity index (χ1) is 15.3. The summed E-state index contributed by atoms with van der Waals surface area (Å²) in [6, 6.07) is 19.9. The summed E-state index contributed by atoms with van der Waals surface area (Å²) < 4.78 is 0. The maximum Gasteiger partial charge on any atom is 0.337 e. The highest BCUT2D eigenvalue weighted by Gasteiger charge is 2.26. The average Bonchev–Trinajstić information content (AvgIpc) is 2.73. The van der Waals surface area contributed by atoms with E-state index in [4.69, 9.17) is 0 Å². The van der Waals surface area contributed by atoms with E-state index in [-0.39, 0.29) is 27.6 Å². The zero-order chi connectivity index (χ0) is 24.6. The first-order valence-corrected chi connectivity index (χ1v) is 10.9. The van der Waals surface area contributed by atoms with Gasteiger partial charge in [0.25, 0.3) is 0 Å². The van der Waals surface area contributed by atoms with Crippen molar-refractivity contribution in [2.45, 2.75) is 52.4 Å². The van der Waals surface area contributed by atoms with Crippen LogP contribution in [0, 0.1) is 0 Å². The highest BCUT2D eigenvalue weighted by atomic mass is 16.4. The number of rotatable bonds is 5. The Morgan fingerprint density at radius 1 is 0.606 bits per heavy atom. The minimum absolute atomic E-state index is 0.0527. The third-order valence-corrected chi connectivity index (χ3v) is 5.70. The Hall–Kier alpha value is -3.60. The highest BCUT2D eigenvalue weighted by Crippen LogP contribution is 2.40. The van der Waals surface area contributed by atoms with E-state index in [9.17, 15) is 19.8 Å². The fourth-order valence-electron chi connectivity index (χ4n) is 3.76. The van der Waals surface area contributed by atoms with Crippen LogP contribution >= 0.6 is 0 Å². The minimum Gasteiger partial charge on any atom is -0.478 e. The number of carboxylic acid groups (broad SMARTS) is 2. The molecular weight excluding hydrogens is 414 g/mol. The van der Waals surface area contributed by atoms with Gasteiger partial charge in [0.05, 0.1) is 16.8 Å². The summed E-state index contributed by atoms with van der Waals surface area (Å²) in [6.07, 6.45) is 0. The molecule has 5 heteroatoms. The molecule has 3 aromatic rings. The molecule has 0 saturated carbocycles. The molecule has 2 N–H and O–H groups in total. The van der Waals surface area contributed by atoms with Crippen molar-refractivity contribution in [3.8, 4) is 0 Å². The van der Waals surface area contributed by atoms with E-state index in [2.05, 4.69) is 41.5 Å². The third kappa shape index (κ3) is 5.08. The third-order valence-electron chi connectivity index (χ3n) is 5.70. The average molecular weight is 446 g/mol. The van der Waals surface area contributed by atoms with Crippen molar-refractivity contribution in [3.63, 3.8) is 0 Å². The summed E-state index contributed by atoms with van der Waals surface area (Å²) in [4.78, 5) is 25.9. The molecule has 0 amide bonds. The van der Waals surface area contributed by atoms with Crippen LogP contribution in [-0.2, 0) is 10.8 Å². The van der Waals surface area contributed by atoms with Crippen LogP contribution in [0.4, 0.5) is 17.1 Å². The Kier molecular flexibility index (Phi) is 6.37. The normalized spacial score (nSPS) is 11.8. The lowest BCUT2D eigenvalue weighted by molar-refractivity contribution is 0.0696. The largest absolute Gasteiger partial charge is 0.478 e. The Morgan fingerprint density at radius 3 is 1.21 bits per heavy atom. The Balaban J connectivity index is 2.30. The summed E-state index contributed by atoms with van der Waals surface area (Å²) in [5, 5.41) is 19.8. The highest BCUT2D eigenvalue weighted by molar-refractivity contribution is 6.06. The van der Waals surface area contributed by atoms with Crippen LogP contribution < -0.4 is 4.90 Å². The van der Waals surface area contributed by atoms with E-state index in [1.807, 2.05) is 48.5 Å². The van der Waals surface area contributed by atoms with Gasteiger partial charge in [0, 0.05) is 11.4 Å². The van der Waals surface area contributed by atoms with Crippen molar-refractivity contribution >= 4 is 29.0 Å². The fourth-order valence-corrected chi connectivity index (χ4v) is 3.76. The summed E-state index contributed by atoms with van der Waals surface area (Å²) >= 11 is 0. The Bertz CT molecular complexity index is 1070. The number of anilines is 3.